The maximum absolute atomic E-state index is 12.2. The Morgan fingerprint density at radius 1 is 1.38 bits per heavy atom. The van der Waals surface area contributed by atoms with Crippen molar-refractivity contribution < 1.29 is 53.7 Å². The van der Waals surface area contributed by atoms with E-state index in [1.807, 2.05) is 19.1 Å². The van der Waals surface area contributed by atoms with Crippen LogP contribution in [-0.4, -0.2) is 44.3 Å². The van der Waals surface area contributed by atoms with Crippen LogP contribution in [0, 0.1) is 6.92 Å². The largest absolute Gasteiger partial charge is 1.00 e. The van der Waals surface area contributed by atoms with E-state index in [1.165, 1.54) is 0 Å². The molecular weight excluding hydrogens is 321 g/mol. The van der Waals surface area contributed by atoms with E-state index in [0.29, 0.717) is 25.2 Å². The molecule has 1 aromatic rings. The molecule has 1 saturated heterocycles. The quantitative estimate of drug-likeness (QED) is 0.562. The minimum Gasteiger partial charge on any atom is -0.549 e. The number of aliphatic carboxylic acids is 1. The summed E-state index contributed by atoms with van der Waals surface area (Å²) in [4.78, 5) is 23.6. The van der Waals surface area contributed by atoms with Gasteiger partial charge in [-0.05, 0) is 18.9 Å². The molecule has 1 N–H and O–H groups in total. The molecule has 0 aliphatic carbocycles. The Hall–Kier alpha value is -0.920. The average Bonchev–Trinajstić information content (AvgIpc) is 2.54. The second-order valence-corrected chi connectivity index (χ2v) is 5.80. The molecular formula is C17H22NNaO5. The van der Waals surface area contributed by atoms with E-state index in [2.05, 4.69) is 5.32 Å². The molecule has 1 amide bonds. The summed E-state index contributed by atoms with van der Waals surface area (Å²) in [6.45, 7) is 2.87. The predicted octanol–water partition coefficient (Wildman–Crippen LogP) is -2.86. The Balaban J connectivity index is 0.00000288. The number of nitrogens with one attached hydrogen (secondary N) is 1. The fraction of sp³-hybridized carbons (Fsp3) is 0.529. The molecule has 1 heterocycles. The molecule has 1 fully saturated rings. The van der Waals surface area contributed by atoms with Gasteiger partial charge in [0.25, 0.3) is 0 Å². The van der Waals surface area contributed by atoms with Crippen molar-refractivity contribution in [1.29, 1.82) is 0 Å². The van der Waals surface area contributed by atoms with Crippen LogP contribution < -0.4 is 40.0 Å². The molecule has 1 aromatic carbocycles. The van der Waals surface area contributed by atoms with Crippen LogP contribution in [0.25, 0.3) is 0 Å². The Labute approximate surface area is 164 Å². The molecule has 24 heavy (non-hydrogen) atoms. The van der Waals surface area contributed by atoms with Gasteiger partial charge in [0.15, 0.2) is 0 Å². The van der Waals surface area contributed by atoms with Crippen molar-refractivity contribution >= 4 is 11.9 Å². The van der Waals surface area contributed by atoms with Gasteiger partial charge in [-0.3, -0.25) is 4.79 Å². The summed E-state index contributed by atoms with van der Waals surface area (Å²) in [5.41, 5.74) is 1.59. The maximum Gasteiger partial charge on any atom is 1.00 e. The number of carboxylic acid groups (broad SMARTS) is 1. The fourth-order valence-electron chi connectivity index (χ4n) is 2.72. The van der Waals surface area contributed by atoms with Crippen LogP contribution in [0.4, 0.5) is 0 Å². The third kappa shape index (κ3) is 5.86. The summed E-state index contributed by atoms with van der Waals surface area (Å²) in [5.74, 6) is -2.58. The molecule has 6 nitrogen and oxygen atoms in total. The molecule has 0 aromatic heterocycles. The van der Waals surface area contributed by atoms with E-state index in [0.717, 1.165) is 5.56 Å². The predicted molar refractivity (Wildman–Crippen MR) is 81.7 cm³/mol. The van der Waals surface area contributed by atoms with Crippen LogP contribution in [0.3, 0.4) is 0 Å². The number of amides is 1. The second kappa shape index (κ2) is 10.2. The zero-order chi connectivity index (χ0) is 16.8. The molecule has 1 aliphatic heterocycles. The van der Waals surface area contributed by atoms with Crippen LogP contribution in [0.2, 0.25) is 0 Å². The molecule has 3 atom stereocenters. The molecule has 0 radical (unpaired) electrons. The third-order valence-electron chi connectivity index (χ3n) is 4.10. The third-order valence-corrected chi connectivity index (χ3v) is 4.10. The number of hydrogen-bond donors (Lipinski definition) is 1. The number of carbonyl (C=O) groups excluding carboxylic acids is 2. The van der Waals surface area contributed by atoms with Gasteiger partial charge >= 0.3 is 29.6 Å². The molecule has 7 heteroatoms. The van der Waals surface area contributed by atoms with Crippen LogP contribution >= 0.6 is 0 Å². The SMILES string of the molecule is CO[C@@H]1CCOC[C@H]1NC(=O)CC(C(=O)[O-])c1ccc(C)cc1.[Na+]. The number of methoxy groups -OCH3 is 1. The Kier molecular flexibility index (Phi) is 8.94. The normalized spacial score (nSPS) is 21.4. The second-order valence-electron chi connectivity index (χ2n) is 5.80. The minimum atomic E-state index is -1.26. The number of carbonyl (C=O) groups is 2. The van der Waals surface area contributed by atoms with Crippen molar-refractivity contribution in [2.75, 3.05) is 20.3 Å². The van der Waals surface area contributed by atoms with E-state index < -0.39 is 11.9 Å². The zero-order valence-electron chi connectivity index (χ0n) is 14.4. The van der Waals surface area contributed by atoms with Gasteiger partial charge in [0.05, 0.1) is 18.8 Å². The molecule has 0 bridgehead atoms. The smallest absolute Gasteiger partial charge is 0.549 e. The van der Waals surface area contributed by atoms with Gasteiger partial charge in [-0.25, -0.2) is 0 Å². The first-order chi connectivity index (χ1) is 11.0. The van der Waals surface area contributed by atoms with E-state index in [-0.39, 0.29) is 54.0 Å². The van der Waals surface area contributed by atoms with Crippen LogP contribution in [0.5, 0.6) is 0 Å². The zero-order valence-corrected chi connectivity index (χ0v) is 16.4. The number of ether oxygens (including phenoxy) is 2. The number of aryl methyl sites for hydroxylation is 1. The van der Waals surface area contributed by atoms with E-state index in [1.54, 1.807) is 19.2 Å². The van der Waals surface area contributed by atoms with Crippen molar-refractivity contribution in [3.8, 4) is 0 Å². The number of rotatable bonds is 6. The first-order valence-corrected chi connectivity index (χ1v) is 7.68. The van der Waals surface area contributed by atoms with E-state index in [9.17, 15) is 14.7 Å². The summed E-state index contributed by atoms with van der Waals surface area (Å²) in [6, 6.07) is 6.80. The Morgan fingerprint density at radius 3 is 2.62 bits per heavy atom. The van der Waals surface area contributed by atoms with Crippen molar-refractivity contribution in [2.24, 2.45) is 0 Å². The van der Waals surface area contributed by atoms with Gasteiger partial charge in [0, 0.05) is 32.0 Å². The average molecular weight is 343 g/mol. The van der Waals surface area contributed by atoms with Crippen LogP contribution in [0.15, 0.2) is 24.3 Å². The maximum atomic E-state index is 12.2. The van der Waals surface area contributed by atoms with Gasteiger partial charge in [-0.15, -0.1) is 0 Å². The summed E-state index contributed by atoms with van der Waals surface area (Å²) in [7, 11) is 1.59. The van der Waals surface area contributed by atoms with Gasteiger partial charge in [0.2, 0.25) is 5.91 Å². The summed E-state index contributed by atoms with van der Waals surface area (Å²) < 4.78 is 10.7. The Morgan fingerprint density at radius 2 is 2.04 bits per heavy atom. The number of carboxylic acids is 1. The topological polar surface area (TPSA) is 87.7 Å². The monoisotopic (exact) mass is 343 g/mol. The standard InChI is InChI=1S/C17H23NO5.Na/c1-11-3-5-12(6-4-11)13(17(20)21)9-16(19)18-14-10-23-8-7-15(14)22-2;/h3-6,13-15H,7-10H2,1-2H3,(H,18,19)(H,20,21);/q;+1/p-1/t13?,14-,15-;/m1./s1. The molecule has 0 spiro atoms. The number of hydrogen-bond acceptors (Lipinski definition) is 5. The number of benzene rings is 1. The summed E-state index contributed by atoms with van der Waals surface area (Å²) in [6.07, 6.45) is 0.412. The van der Waals surface area contributed by atoms with Crippen molar-refractivity contribution in [1.82, 2.24) is 5.32 Å². The van der Waals surface area contributed by atoms with Gasteiger partial charge < -0.3 is 24.7 Å². The van der Waals surface area contributed by atoms with Crippen LogP contribution in [0.1, 0.15) is 29.9 Å². The van der Waals surface area contributed by atoms with Gasteiger partial charge in [-0.2, -0.15) is 0 Å². The van der Waals surface area contributed by atoms with E-state index >= 15 is 0 Å². The van der Waals surface area contributed by atoms with Crippen molar-refractivity contribution in [3.05, 3.63) is 35.4 Å². The summed E-state index contributed by atoms with van der Waals surface area (Å²) >= 11 is 0. The molecule has 2 rings (SSSR count). The van der Waals surface area contributed by atoms with Crippen molar-refractivity contribution in [3.63, 3.8) is 0 Å². The minimum absolute atomic E-state index is 0. The molecule has 1 unspecified atom stereocenters. The molecule has 1 aliphatic rings. The first kappa shape index (κ1) is 21.1. The van der Waals surface area contributed by atoms with Crippen LogP contribution in [-0.2, 0) is 19.1 Å². The first-order valence-electron chi connectivity index (χ1n) is 7.68. The van der Waals surface area contributed by atoms with Gasteiger partial charge in [-0.1, -0.05) is 29.8 Å². The molecule has 126 valence electrons. The van der Waals surface area contributed by atoms with Crippen molar-refractivity contribution in [2.45, 2.75) is 37.8 Å². The van der Waals surface area contributed by atoms with Gasteiger partial charge in [0.1, 0.15) is 0 Å². The fourth-order valence-corrected chi connectivity index (χ4v) is 2.72. The Bertz CT molecular complexity index is 548. The molecule has 0 saturated carbocycles. The summed E-state index contributed by atoms with van der Waals surface area (Å²) in [5, 5.41) is 14.2. The van der Waals surface area contributed by atoms with E-state index in [4.69, 9.17) is 9.47 Å².